The first-order valence-corrected chi connectivity index (χ1v) is 6.81. The summed E-state index contributed by atoms with van der Waals surface area (Å²) < 4.78 is 15.7. The van der Waals surface area contributed by atoms with Crippen LogP contribution >= 0.6 is 0 Å². The largest absolute Gasteiger partial charge is 0.381 e. The van der Waals surface area contributed by atoms with Gasteiger partial charge in [-0.25, -0.2) is 4.39 Å². The number of carbonyl (C=O) groups is 1. The molecule has 2 rings (SSSR count). The zero-order valence-electron chi connectivity index (χ0n) is 12.7. The van der Waals surface area contributed by atoms with Crippen LogP contribution in [0, 0.1) is 19.7 Å². The zero-order valence-corrected chi connectivity index (χ0v) is 12.7. The number of amides is 1. The van der Waals surface area contributed by atoms with E-state index in [9.17, 15) is 9.18 Å². The minimum Gasteiger partial charge on any atom is -0.381 e. The molecule has 0 bridgehead atoms. The number of nitrogens with one attached hydrogen (secondary N) is 2. The summed E-state index contributed by atoms with van der Waals surface area (Å²) in [5.41, 5.74) is 4.54. The second-order valence-electron chi connectivity index (χ2n) is 5.18. The number of aromatic nitrogens is 1. The Morgan fingerprint density at radius 3 is 2.57 bits per heavy atom. The summed E-state index contributed by atoms with van der Waals surface area (Å²) >= 11 is 0. The van der Waals surface area contributed by atoms with Gasteiger partial charge in [-0.05, 0) is 43.7 Å². The monoisotopic (exact) mass is 289 g/mol. The van der Waals surface area contributed by atoms with Gasteiger partial charge in [0.2, 0.25) is 5.91 Å². The fraction of sp³-hybridized carbons (Fsp3) is 0.312. The molecule has 0 atom stereocenters. The van der Waals surface area contributed by atoms with Gasteiger partial charge in [0, 0.05) is 37.6 Å². The molecule has 1 aromatic carbocycles. The van der Waals surface area contributed by atoms with E-state index in [4.69, 9.17) is 0 Å². The lowest BCUT2D eigenvalue weighted by atomic mass is 10.2. The van der Waals surface area contributed by atoms with Gasteiger partial charge in [-0.2, -0.15) is 0 Å². The smallest absolute Gasteiger partial charge is 0.221 e. The van der Waals surface area contributed by atoms with Crippen LogP contribution in [0.1, 0.15) is 23.9 Å². The number of carbonyl (C=O) groups excluding carboxylic acids is 1. The SMILES string of the molecule is CC(=O)Nc1cc(NCc2cc(C)n(C)c2C)ccc1F. The van der Waals surface area contributed by atoms with Gasteiger partial charge in [0.1, 0.15) is 5.82 Å². The van der Waals surface area contributed by atoms with E-state index in [2.05, 4.69) is 35.1 Å². The fourth-order valence-corrected chi connectivity index (χ4v) is 2.23. The van der Waals surface area contributed by atoms with Crippen molar-refractivity contribution in [2.45, 2.75) is 27.3 Å². The molecule has 1 amide bonds. The van der Waals surface area contributed by atoms with Gasteiger partial charge in [0.05, 0.1) is 5.69 Å². The molecular weight excluding hydrogens is 269 g/mol. The Hall–Kier alpha value is -2.30. The fourth-order valence-electron chi connectivity index (χ4n) is 2.23. The lowest BCUT2D eigenvalue weighted by Crippen LogP contribution is -2.08. The summed E-state index contributed by atoms with van der Waals surface area (Å²) in [5, 5.41) is 5.73. The molecule has 21 heavy (non-hydrogen) atoms. The van der Waals surface area contributed by atoms with E-state index in [-0.39, 0.29) is 11.6 Å². The molecule has 0 aliphatic carbocycles. The molecule has 2 N–H and O–H groups in total. The molecule has 1 aromatic heterocycles. The van der Waals surface area contributed by atoms with Crippen molar-refractivity contribution in [1.29, 1.82) is 0 Å². The predicted molar refractivity (Wildman–Crippen MR) is 82.9 cm³/mol. The molecule has 112 valence electrons. The maximum Gasteiger partial charge on any atom is 0.221 e. The van der Waals surface area contributed by atoms with Crippen molar-refractivity contribution in [3.05, 3.63) is 47.0 Å². The van der Waals surface area contributed by atoms with Crippen LogP contribution in [-0.2, 0) is 18.4 Å². The van der Waals surface area contributed by atoms with Crippen LogP contribution in [0.4, 0.5) is 15.8 Å². The molecule has 4 nitrogen and oxygen atoms in total. The van der Waals surface area contributed by atoms with Crippen LogP contribution in [0.15, 0.2) is 24.3 Å². The summed E-state index contributed by atoms with van der Waals surface area (Å²) in [6, 6.07) is 6.73. The van der Waals surface area contributed by atoms with Gasteiger partial charge in [-0.15, -0.1) is 0 Å². The van der Waals surface area contributed by atoms with E-state index in [0.717, 1.165) is 5.69 Å². The van der Waals surface area contributed by atoms with E-state index in [1.165, 1.54) is 29.9 Å². The summed E-state index contributed by atoms with van der Waals surface area (Å²) in [6.45, 7) is 6.13. The van der Waals surface area contributed by atoms with E-state index in [1.807, 2.05) is 7.05 Å². The van der Waals surface area contributed by atoms with E-state index < -0.39 is 5.82 Å². The van der Waals surface area contributed by atoms with Gasteiger partial charge >= 0.3 is 0 Å². The molecule has 0 spiro atoms. The molecule has 2 aromatic rings. The highest BCUT2D eigenvalue weighted by Crippen LogP contribution is 2.21. The normalized spacial score (nSPS) is 10.5. The molecule has 0 aliphatic heterocycles. The van der Waals surface area contributed by atoms with Gasteiger partial charge in [0.25, 0.3) is 0 Å². The second-order valence-corrected chi connectivity index (χ2v) is 5.18. The van der Waals surface area contributed by atoms with E-state index in [0.29, 0.717) is 6.54 Å². The first kappa shape index (κ1) is 15.1. The summed E-state index contributed by atoms with van der Waals surface area (Å²) in [4.78, 5) is 11.0. The molecule has 5 heteroatoms. The Kier molecular flexibility index (Phi) is 4.31. The first-order chi connectivity index (χ1) is 9.88. The van der Waals surface area contributed by atoms with Gasteiger partial charge in [0.15, 0.2) is 0 Å². The minimum absolute atomic E-state index is 0.188. The van der Waals surface area contributed by atoms with Gasteiger partial charge in [-0.3, -0.25) is 4.79 Å². The second kappa shape index (κ2) is 5.99. The summed E-state index contributed by atoms with van der Waals surface area (Å²) in [6.07, 6.45) is 0. The van der Waals surface area contributed by atoms with E-state index >= 15 is 0 Å². The highest BCUT2D eigenvalue weighted by Gasteiger charge is 2.08. The maximum absolute atomic E-state index is 13.6. The average molecular weight is 289 g/mol. The van der Waals surface area contributed by atoms with Crippen LogP contribution in [-0.4, -0.2) is 10.5 Å². The summed E-state index contributed by atoms with van der Waals surface area (Å²) in [7, 11) is 2.03. The Bertz CT molecular complexity index is 676. The standard InChI is InChI=1S/C16H20FN3O/c1-10-7-13(11(2)20(10)4)9-18-14-5-6-15(17)16(8-14)19-12(3)21/h5-8,18H,9H2,1-4H3,(H,19,21). The first-order valence-electron chi connectivity index (χ1n) is 6.81. The number of aryl methyl sites for hydroxylation is 1. The number of rotatable bonds is 4. The number of nitrogens with zero attached hydrogens (tertiary/aromatic N) is 1. The van der Waals surface area contributed by atoms with Crippen molar-refractivity contribution in [2.75, 3.05) is 10.6 Å². The lowest BCUT2D eigenvalue weighted by Gasteiger charge is -2.10. The highest BCUT2D eigenvalue weighted by molar-refractivity contribution is 5.89. The average Bonchev–Trinajstić information content (AvgIpc) is 2.66. The van der Waals surface area contributed by atoms with Crippen molar-refractivity contribution < 1.29 is 9.18 Å². The molecular formula is C16H20FN3O. The summed E-state index contributed by atoms with van der Waals surface area (Å²) in [5.74, 6) is -0.733. The third kappa shape index (κ3) is 3.42. The van der Waals surface area contributed by atoms with Crippen LogP contribution in [0.5, 0.6) is 0 Å². The van der Waals surface area contributed by atoms with Crippen molar-refractivity contribution >= 4 is 17.3 Å². The van der Waals surface area contributed by atoms with Crippen LogP contribution in [0.25, 0.3) is 0 Å². The van der Waals surface area contributed by atoms with Crippen LogP contribution in [0.2, 0.25) is 0 Å². The topological polar surface area (TPSA) is 46.1 Å². The Morgan fingerprint density at radius 1 is 1.29 bits per heavy atom. The van der Waals surface area contributed by atoms with Crippen molar-refractivity contribution in [3.8, 4) is 0 Å². The quantitative estimate of drug-likeness (QED) is 0.906. The number of benzene rings is 1. The van der Waals surface area contributed by atoms with Crippen molar-refractivity contribution in [3.63, 3.8) is 0 Å². The van der Waals surface area contributed by atoms with Gasteiger partial charge in [-0.1, -0.05) is 0 Å². The number of hydrogen-bond donors (Lipinski definition) is 2. The van der Waals surface area contributed by atoms with Crippen molar-refractivity contribution in [1.82, 2.24) is 4.57 Å². The third-order valence-corrected chi connectivity index (χ3v) is 3.64. The van der Waals surface area contributed by atoms with Crippen molar-refractivity contribution in [2.24, 2.45) is 7.05 Å². The number of halogens is 1. The molecule has 0 aliphatic rings. The molecule has 0 saturated carbocycles. The highest BCUT2D eigenvalue weighted by atomic mass is 19.1. The van der Waals surface area contributed by atoms with E-state index in [1.54, 1.807) is 12.1 Å². The lowest BCUT2D eigenvalue weighted by molar-refractivity contribution is -0.114. The molecule has 0 fully saturated rings. The Morgan fingerprint density at radius 2 is 2.00 bits per heavy atom. The number of hydrogen-bond acceptors (Lipinski definition) is 2. The molecule has 1 heterocycles. The van der Waals surface area contributed by atoms with Gasteiger partial charge < -0.3 is 15.2 Å². The van der Waals surface area contributed by atoms with Crippen LogP contribution in [0.3, 0.4) is 0 Å². The van der Waals surface area contributed by atoms with Crippen LogP contribution < -0.4 is 10.6 Å². The molecule has 0 unspecified atom stereocenters. The molecule has 0 saturated heterocycles. The zero-order chi connectivity index (χ0) is 15.6. The maximum atomic E-state index is 13.6. The Labute approximate surface area is 124 Å². The predicted octanol–water partition coefficient (Wildman–Crippen LogP) is 3.35. The molecule has 0 radical (unpaired) electrons. The number of anilines is 2. The third-order valence-electron chi connectivity index (χ3n) is 3.64. The minimum atomic E-state index is -0.442. The Balaban J connectivity index is 2.13.